The number of carbonyl (C=O) groups is 2. The second kappa shape index (κ2) is 5.87. The Morgan fingerprint density at radius 2 is 2.00 bits per heavy atom. The van der Waals surface area contributed by atoms with Crippen LogP contribution in [0.25, 0.3) is 0 Å². The van der Waals surface area contributed by atoms with Gasteiger partial charge in [0.2, 0.25) is 0 Å². The number of esters is 1. The molecular formula is C12H20O4. The van der Waals surface area contributed by atoms with Gasteiger partial charge in [0.15, 0.2) is 0 Å². The molecule has 1 N–H and O–H groups in total. The highest BCUT2D eigenvalue weighted by Crippen LogP contribution is 2.28. The highest BCUT2D eigenvalue weighted by atomic mass is 16.5. The van der Waals surface area contributed by atoms with Crippen molar-refractivity contribution in [2.75, 3.05) is 0 Å². The van der Waals surface area contributed by atoms with Gasteiger partial charge in [-0.1, -0.05) is 20.3 Å². The van der Waals surface area contributed by atoms with Crippen LogP contribution in [0.1, 0.15) is 46.0 Å². The number of rotatable bonds is 4. The van der Waals surface area contributed by atoms with Crippen LogP contribution in [-0.2, 0) is 14.3 Å². The number of ether oxygens (including phenoxy) is 1. The first kappa shape index (κ1) is 13.0. The second-order valence-corrected chi connectivity index (χ2v) is 4.51. The molecule has 4 nitrogen and oxygen atoms in total. The lowest BCUT2D eigenvalue weighted by molar-refractivity contribution is -0.164. The summed E-state index contributed by atoms with van der Waals surface area (Å²) in [4.78, 5) is 22.6. The molecule has 0 spiro atoms. The Morgan fingerprint density at radius 1 is 1.38 bits per heavy atom. The van der Waals surface area contributed by atoms with E-state index >= 15 is 0 Å². The van der Waals surface area contributed by atoms with Crippen molar-refractivity contribution in [1.82, 2.24) is 0 Å². The van der Waals surface area contributed by atoms with Gasteiger partial charge in [-0.3, -0.25) is 9.59 Å². The Kier molecular flexibility index (Phi) is 4.77. The molecule has 1 rings (SSSR count). The summed E-state index contributed by atoms with van der Waals surface area (Å²) in [5.74, 6) is -1.76. The van der Waals surface area contributed by atoms with Crippen molar-refractivity contribution in [2.45, 2.75) is 52.1 Å². The number of carboxylic acid groups (broad SMARTS) is 1. The third kappa shape index (κ3) is 3.22. The van der Waals surface area contributed by atoms with E-state index in [1.165, 1.54) is 0 Å². The van der Waals surface area contributed by atoms with E-state index < -0.39 is 18.0 Å². The minimum Gasteiger partial charge on any atom is -0.481 e. The van der Waals surface area contributed by atoms with Crippen molar-refractivity contribution in [1.29, 1.82) is 0 Å². The minimum absolute atomic E-state index is 0.142. The first-order valence-corrected chi connectivity index (χ1v) is 5.99. The van der Waals surface area contributed by atoms with Gasteiger partial charge in [0.1, 0.15) is 6.10 Å². The van der Waals surface area contributed by atoms with Crippen LogP contribution < -0.4 is 0 Å². The SMILES string of the molecule is CCC(C)C(=O)OC1CCCCC1C(=O)O. The average Bonchev–Trinajstić information content (AvgIpc) is 2.28. The number of hydrogen-bond donors (Lipinski definition) is 1. The quantitative estimate of drug-likeness (QED) is 0.749. The lowest BCUT2D eigenvalue weighted by Crippen LogP contribution is -2.36. The molecule has 0 aliphatic heterocycles. The zero-order valence-corrected chi connectivity index (χ0v) is 9.94. The summed E-state index contributed by atoms with van der Waals surface area (Å²) < 4.78 is 5.30. The third-order valence-electron chi connectivity index (χ3n) is 3.30. The zero-order chi connectivity index (χ0) is 12.1. The maximum atomic E-state index is 11.6. The van der Waals surface area contributed by atoms with Gasteiger partial charge in [-0.25, -0.2) is 0 Å². The maximum Gasteiger partial charge on any atom is 0.310 e. The molecule has 16 heavy (non-hydrogen) atoms. The van der Waals surface area contributed by atoms with Crippen LogP contribution in [0.15, 0.2) is 0 Å². The molecule has 0 radical (unpaired) electrons. The van der Waals surface area contributed by atoms with Crippen LogP contribution in [0.4, 0.5) is 0 Å². The standard InChI is InChI=1S/C12H20O4/c1-3-8(2)12(15)16-10-7-5-4-6-9(10)11(13)14/h8-10H,3-7H2,1-2H3,(H,13,14). The lowest BCUT2D eigenvalue weighted by atomic mass is 9.86. The molecule has 0 aromatic carbocycles. The molecule has 1 saturated carbocycles. The summed E-state index contributed by atoms with van der Waals surface area (Å²) in [5.41, 5.74) is 0. The molecule has 0 aromatic heterocycles. The van der Waals surface area contributed by atoms with Crippen LogP contribution in [-0.4, -0.2) is 23.1 Å². The Hall–Kier alpha value is -1.06. The first-order valence-electron chi connectivity index (χ1n) is 5.99. The Labute approximate surface area is 96.0 Å². The van der Waals surface area contributed by atoms with Crippen LogP contribution in [0, 0.1) is 11.8 Å². The fraction of sp³-hybridized carbons (Fsp3) is 0.833. The van der Waals surface area contributed by atoms with Gasteiger partial charge >= 0.3 is 11.9 Å². The molecule has 0 aromatic rings. The number of hydrogen-bond acceptors (Lipinski definition) is 3. The summed E-state index contributed by atoms with van der Waals surface area (Å²) in [6, 6.07) is 0. The summed E-state index contributed by atoms with van der Waals surface area (Å²) in [6.07, 6.45) is 3.46. The normalized spacial score (nSPS) is 27.1. The van der Waals surface area contributed by atoms with Gasteiger partial charge in [0.25, 0.3) is 0 Å². The summed E-state index contributed by atoms with van der Waals surface area (Å²) in [7, 11) is 0. The predicted octanol–water partition coefficient (Wildman–Crippen LogP) is 2.22. The molecule has 92 valence electrons. The van der Waals surface area contributed by atoms with E-state index in [2.05, 4.69) is 0 Å². The van der Waals surface area contributed by atoms with Crippen molar-refractivity contribution < 1.29 is 19.4 Å². The summed E-state index contributed by atoms with van der Waals surface area (Å²) in [6.45, 7) is 3.72. The van der Waals surface area contributed by atoms with Crippen molar-refractivity contribution in [3.63, 3.8) is 0 Å². The molecule has 1 fully saturated rings. The van der Waals surface area contributed by atoms with Crippen LogP contribution in [0.5, 0.6) is 0 Å². The first-order chi connectivity index (χ1) is 7.56. The van der Waals surface area contributed by atoms with E-state index in [1.807, 2.05) is 6.92 Å². The van der Waals surface area contributed by atoms with E-state index in [0.717, 1.165) is 19.3 Å². The molecule has 1 aliphatic carbocycles. The molecule has 1 aliphatic rings. The number of carbonyl (C=O) groups excluding carboxylic acids is 1. The lowest BCUT2D eigenvalue weighted by Gasteiger charge is -2.29. The Balaban J connectivity index is 2.56. The highest BCUT2D eigenvalue weighted by Gasteiger charge is 2.34. The molecule has 3 unspecified atom stereocenters. The van der Waals surface area contributed by atoms with Crippen molar-refractivity contribution in [3.8, 4) is 0 Å². The van der Waals surface area contributed by atoms with Gasteiger partial charge in [0.05, 0.1) is 11.8 Å². The van der Waals surface area contributed by atoms with Crippen LogP contribution in [0.3, 0.4) is 0 Å². The fourth-order valence-corrected chi connectivity index (χ4v) is 1.95. The van der Waals surface area contributed by atoms with E-state index in [-0.39, 0.29) is 11.9 Å². The van der Waals surface area contributed by atoms with E-state index in [0.29, 0.717) is 12.8 Å². The van der Waals surface area contributed by atoms with Gasteiger partial charge in [-0.05, 0) is 25.7 Å². The van der Waals surface area contributed by atoms with Crippen molar-refractivity contribution in [3.05, 3.63) is 0 Å². The summed E-state index contributed by atoms with van der Waals surface area (Å²) in [5, 5.41) is 9.03. The molecule has 3 atom stereocenters. The van der Waals surface area contributed by atoms with Gasteiger partial charge in [-0.15, -0.1) is 0 Å². The number of aliphatic carboxylic acids is 1. The van der Waals surface area contributed by atoms with Crippen molar-refractivity contribution in [2.24, 2.45) is 11.8 Å². The molecule has 0 saturated heterocycles. The topological polar surface area (TPSA) is 63.6 Å². The fourth-order valence-electron chi connectivity index (χ4n) is 1.95. The smallest absolute Gasteiger partial charge is 0.310 e. The minimum atomic E-state index is -0.846. The molecule has 0 bridgehead atoms. The predicted molar refractivity (Wildman–Crippen MR) is 58.9 cm³/mol. The Bertz CT molecular complexity index is 262. The van der Waals surface area contributed by atoms with Gasteiger partial charge in [0, 0.05) is 0 Å². The zero-order valence-electron chi connectivity index (χ0n) is 9.94. The van der Waals surface area contributed by atoms with Crippen molar-refractivity contribution >= 4 is 11.9 Å². The van der Waals surface area contributed by atoms with E-state index in [1.54, 1.807) is 6.92 Å². The highest BCUT2D eigenvalue weighted by molar-refractivity contribution is 5.74. The van der Waals surface area contributed by atoms with E-state index in [9.17, 15) is 9.59 Å². The second-order valence-electron chi connectivity index (χ2n) is 4.51. The summed E-state index contributed by atoms with van der Waals surface area (Å²) >= 11 is 0. The van der Waals surface area contributed by atoms with Crippen LogP contribution >= 0.6 is 0 Å². The van der Waals surface area contributed by atoms with Crippen LogP contribution in [0.2, 0.25) is 0 Å². The average molecular weight is 228 g/mol. The molecule has 4 heteroatoms. The van der Waals surface area contributed by atoms with Gasteiger partial charge in [-0.2, -0.15) is 0 Å². The monoisotopic (exact) mass is 228 g/mol. The molecule has 0 amide bonds. The third-order valence-corrected chi connectivity index (χ3v) is 3.30. The van der Waals surface area contributed by atoms with Gasteiger partial charge < -0.3 is 9.84 Å². The number of carboxylic acids is 1. The molecule has 0 heterocycles. The van der Waals surface area contributed by atoms with E-state index in [4.69, 9.17) is 9.84 Å². The molecular weight excluding hydrogens is 208 g/mol. The largest absolute Gasteiger partial charge is 0.481 e. The maximum absolute atomic E-state index is 11.6. The Morgan fingerprint density at radius 3 is 2.56 bits per heavy atom.